The van der Waals surface area contributed by atoms with E-state index in [9.17, 15) is 9.59 Å². The number of esters is 1. The maximum atomic E-state index is 13.3. The van der Waals surface area contributed by atoms with Gasteiger partial charge in [0, 0.05) is 17.2 Å². The van der Waals surface area contributed by atoms with Crippen LogP contribution in [0.1, 0.15) is 80.6 Å². The largest absolute Gasteiger partial charge is 0.473 e. The van der Waals surface area contributed by atoms with Gasteiger partial charge in [-0.1, -0.05) is 52.3 Å². The molecule has 1 unspecified atom stereocenters. The van der Waals surface area contributed by atoms with Crippen LogP contribution in [0.25, 0.3) is 0 Å². The van der Waals surface area contributed by atoms with Crippen LogP contribution in [0.3, 0.4) is 0 Å². The molecule has 35 heavy (non-hydrogen) atoms. The molecule has 1 saturated heterocycles. The molecule has 0 bridgehead atoms. The van der Waals surface area contributed by atoms with Crippen LogP contribution in [0.5, 0.6) is 0 Å². The quantitative estimate of drug-likeness (QED) is 0.282. The number of ether oxygens (including phenoxy) is 2. The monoisotopic (exact) mass is 477 g/mol. The molecule has 1 aromatic rings. The lowest BCUT2D eigenvalue weighted by Crippen LogP contribution is -2.62. The lowest BCUT2D eigenvalue weighted by atomic mass is 9.38. The van der Waals surface area contributed by atoms with Gasteiger partial charge in [0.25, 0.3) is 5.91 Å². The van der Waals surface area contributed by atoms with Gasteiger partial charge in [-0.15, -0.1) is 0 Å². The van der Waals surface area contributed by atoms with Gasteiger partial charge < -0.3 is 9.47 Å². The summed E-state index contributed by atoms with van der Waals surface area (Å²) in [5, 5.41) is 0. The van der Waals surface area contributed by atoms with Crippen molar-refractivity contribution in [3.05, 3.63) is 53.3 Å². The minimum absolute atomic E-state index is 0.0477. The number of rotatable bonds is 3. The van der Waals surface area contributed by atoms with Crippen LogP contribution in [-0.4, -0.2) is 23.7 Å². The van der Waals surface area contributed by atoms with Crippen molar-refractivity contribution in [1.82, 2.24) is 0 Å². The topological polar surface area (TPSA) is 55.8 Å². The average molecular weight is 478 g/mol. The van der Waals surface area contributed by atoms with E-state index >= 15 is 0 Å². The molecule has 2 saturated carbocycles. The maximum absolute atomic E-state index is 13.3. The first-order valence-electron chi connectivity index (χ1n) is 13.0. The molecule has 1 aromatic carbocycles. The Kier molecular flexibility index (Phi) is 5.32. The highest BCUT2D eigenvalue weighted by Crippen LogP contribution is 2.72. The van der Waals surface area contributed by atoms with Crippen LogP contribution in [0.15, 0.2) is 53.3 Å². The van der Waals surface area contributed by atoms with E-state index < -0.39 is 11.8 Å². The molecule has 5 nitrogen and oxygen atoms in total. The Morgan fingerprint density at radius 1 is 0.971 bits per heavy atom. The molecule has 4 aliphatic rings. The summed E-state index contributed by atoms with van der Waals surface area (Å²) >= 11 is 0. The fourth-order valence-corrected chi connectivity index (χ4v) is 7.89. The van der Waals surface area contributed by atoms with Crippen molar-refractivity contribution in [3.8, 4) is 0 Å². The number of carbonyl (C=O) groups is 2. The number of para-hydroxylation sites is 1. The van der Waals surface area contributed by atoms with Gasteiger partial charge in [-0.2, -0.15) is 0 Å². The SMILES string of the molecule is CC1=C(C)C(OC=C2C(=O)O[C@]3(C)CC[C@@]4(C)C(C)(C)CCC[C@]4(C)[C@@H]23)N(c2ccccc2)C1=O. The van der Waals surface area contributed by atoms with Crippen molar-refractivity contribution in [1.29, 1.82) is 0 Å². The minimum Gasteiger partial charge on any atom is -0.473 e. The second-order valence-electron chi connectivity index (χ2n) is 12.5. The zero-order valence-electron chi connectivity index (χ0n) is 22.2. The van der Waals surface area contributed by atoms with Crippen LogP contribution < -0.4 is 4.90 Å². The molecule has 1 amide bonds. The average Bonchev–Trinajstić information content (AvgIpc) is 3.19. The first kappa shape index (κ1) is 24.1. The fourth-order valence-electron chi connectivity index (χ4n) is 7.89. The van der Waals surface area contributed by atoms with Crippen molar-refractivity contribution < 1.29 is 19.1 Å². The van der Waals surface area contributed by atoms with Crippen LogP contribution in [-0.2, 0) is 19.1 Å². The van der Waals surface area contributed by atoms with Crippen LogP contribution in [0, 0.1) is 22.2 Å². The molecule has 2 aliphatic carbocycles. The van der Waals surface area contributed by atoms with Gasteiger partial charge >= 0.3 is 5.97 Å². The summed E-state index contributed by atoms with van der Waals surface area (Å²) in [6.07, 6.45) is 6.37. The summed E-state index contributed by atoms with van der Waals surface area (Å²) in [5.74, 6) is -0.393. The van der Waals surface area contributed by atoms with E-state index in [0.717, 1.165) is 36.9 Å². The number of carbonyl (C=O) groups excluding carboxylic acids is 2. The van der Waals surface area contributed by atoms with E-state index in [1.165, 1.54) is 6.42 Å². The smallest absolute Gasteiger partial charge is 0.338 e. The Balaban J connectivity index is 1.54. The Labute approximate surface area is 209 Å². The number of hydrogen-bond donors (Lipinski definition) is 0. The summed E-state index contributed by atoms with van der Waals surface area (Å²) in [6, 6.07) is 9.57. The number of fused-ring (bicyclic) bond motifs is 3. The van der Waals surface area contributed by atoms with E-state index in [4.69, 9.17) is 9.47 Å². The Morgan fingerprint density at radius 2 is 1.66 bits per heavy atom. The molecular formula is C30H39NO4. The third kappa shape index (κ3) is 3.19. The highest BCUT2D eigenvalue weighted by atomic mass is 16.6. The molecule has 0 radical (unpaired) electrons. The second-order valence-corrected chi connectivity index (χ2v) is 12.5. The van der Waals surface area contributed by atoms with E-state index in [1.807, 2.05) is 44.2 Å². The predicted molar refractivity (Wildman–Crippen MR) is 136 cm³/mol. The first-order chi connectivity index (χ1) is 16.4. The first-order valence-corrected chi connectivity index (χ1v) is 13.0. The van der Waals surface area contributed by atoms with Gasteiger partial charge in [0.1, 0.15) is 5.60 Å². The summed E-state index contributed by atoms with van der Waals surface area (Å²) < 4.78 is 12.5. The summed E-state index contributed by atoms with van der Waals surface area (Å²) in [5.41, 5.74) is 2.59. The van der Waals surface area contributed by atoms with Gasteiger partial charge in [-0.05, 0) is 80.4 Å². The van der Waals surface area contributed by atoms with Crippen LogP contribution >= 0.6 is 0 Å². The lowest BCUT2D eigenvalue weighted by Gasteiger charge is -2.66. The van der Waals surface area contributed by atoms with Crippen LogP contribution in [0.4, 0.5) is 5.69 Å². The highest BCUT2D eigenvalue weighted by molar-refractivity contribution is 6.09. The molecule has 5 rings (SSSR count). The van der Waals surface area contributed by atoms with E-state index in [2.05, 4.69) is 34.6 Å². The summed E-state index contributed by atoms with van der Waals surface area (Å²) in [6.45, 7) is 15.5. The number of nitrogens with zero attached hydrogens (tertiary/aromatic N) is 1. The highest BCUT2D eigenvalue weighted by Gasteiger charge is 2.69. The molecule has 0 N–H and O–H groups in total. The third-order valence-corrected chi connectivity index (χ3v) is 10.6. The van der Waals surface area contributed by atoms with Gasteiger partial charge in [-0.25, -0.2) is 4.79 Å². The minimum atomic E-state index is -0.581. The zero-order valence-corrected chi connectivity index (χ0v) is 22.2. The molecular weight excluding hydrogens is 438 g/mol. The van der Waals surface area contributed by atoms with Crippen molar-refractivity contribution >= 4 is 17.6 Å². The lowest BCUT2D eigenvalue weighted by molar-refractivity contribution is -0.198. The van der Waals surface area contributed by atoms with Gasteiger partial charge in [0.15, 0.2) is 0 Å². The predicted octanol–water partition coefficient (Wildman–Crippen LogP) is 6.54. The van der Waals surface area contributed by atoms with Crippen molar-refractivity contribution in [3.63, 3.8) is 0 Å². The van der Waals surface area contributed by atoms with Gasteiger partial charge in [0.05, 0.1) is 11.8 Å². The number of anilines is 1. The molecule has 5 heteroatoms. The molecule has 5 atom stereocenters. The van der Waals surface area contributed by atoms with Crippen LogP contribution in [0.2, 0.25) is 0 Å². The van der Waals surface area contributed by atoms with Crippen molar-refractivity contribution in [2.45, 2.75) is 92.4 Å². The molecule has 188 valence electrons. The van der Waals surface area contributed by atoms with Gasteiger partial charge in [0.2, 0.25) is 6.23 Å². The van der Waals surface area contributed by atoms with E-state index in [-0.39, 0.29) is 34.0 Å². The molecule has 2 heterocycles. The summed E-state index contributed by atoms with van der Waals surface area (Å²) in [4.78, 5) is 28.1. The molecule has 0 aromatic heterocycles. The Morgan fingerprint density at radius 3 is 2.34 bits per heavy atom. The summed E-state index contributed by atoms with van der Waals surface area (Å²) in [7, 11) is 0. The van der Waals surface area contributed by atoms with E-state index in [1.54, 1.807) is 11.2 Å². The number of benzene rings is 1. The molecule has 2 aliphatic heterocycles. The molecule has 0 spiro atoms. The molecule has 3 fully saturated rings. The second kappa shape index (κ2) is 7.72. The third-order valence-electron chi connectivity index (χ3n) is 10.6. The zero-order chi connectivity index (χ0) is 25.4. The Bertz CT molecular complexity index is 1130. The van der Waals surface area contributed by atoms with E-state index in [0.29, 0.717) is 11.1 Å². The maximum Gasteiger partial charge on any atom is 0.338 e. The van der Waals surface area contributed by atoms with Gasteiger partial charge in [-0.3, -0.25) is 9.69 Å². The normalized spacial score (nSPS) is 39.5. The Hall–Kier alpha value is -2.56. The van der Waals surface area contributed by atoms with Crippen molar-refractivity contribution in [2.75, 3.05) is 4.90 Å². The fraction of sp³-hybridized carbons (Fsp3) is 0.600. The number of hydrogen-bond acceptors (Lipinski definition) is 4. The standard InChI is InChI=1S/C30H39NO4/c1-19-20(2)25(31(24(19)32)21-12-9-8-10-13-21)34-18-22-23-28(5)15-11-14-27(3,4)30(28,7)17-16-29(23,6)35-26(22)33/h8-10,12-13,18,23,25H,11,14-17H2,1-7H3/t23-,25?,28-,29-,30+/m1/s1. The number of amides is 1. The van der Waals surface area contributed by atoms with Crippen molar-refractivity contribution in [2.24, 2.45) is 22.2 Å².